The molecule has 2 unspecified atom stereocenters. The molecular weight excluding hydrogens is 291 g/mol. The first-order chi connectivity index (χ1) is 10.1. The first-order valence-corrected chi connectivity index (χ1v) is 8.04. The zero-order valence-corrected chi connectivity index (χ0v) is 12.8. The van der Waals surface area contributed by atoms with E-state index >= 15 is 0 Å². The highest BCUT2D eigenvalue weighted by atomic mass is 35.5. The molecule has 3 rings (SSSR count). The fourth-order valence-electron chi connectivity index (χ4n) is 3.61. The van der Waals surface area contributed by atoms with Crippen LogP contribution in [0, 0.1) is 11.7 Å². The second-order valence-electron chi connectivity index (χ2n) is 6.35. The molecule has 21 heavy (non-hydrogen) atoms. The van der Waals surface area contributed by atoms with E-state index in [-0.39, 0.29) is 17.5 Å². The van der Waals surface area contributed by atoms with Crippen LogP contribution in [0.15, 0.2) is 18.2 Å². The third-order valence-corrected chi connectivity index (χ3v) is 5.39. The van der Waals surface area contributed by atoms with Gasteiger partial charge in [-0.2, -0.15) is 0 Å². The van der Waals surface area contributed by atoms with E-state index in [0.29, 0.717) is 10.9 Å². The lowest BCUT2D eigenvalue weighted by atomic mass is 9.70. The molecule has 116 valence electrons. The first-order valence-electron chi connectivity index (χ1n) is 7.66. The molecule has 2 fully saturated rings. The molecule has 1 heterocycles. The van der Waals surface area contributed by atoms with Crippen molar-refractivity contribution in [3.8, 4) is 0 Å². The van der Waals surface area contributed by atoms with Gasteiger partial charge in [0.15, 0.2) is 0 Å². The topological polar surface area (TPSA) is 47.3 Å². The van der Waals surface area contributed by atoms with Crippen LogP contribution in [-0.4, -0.2) is 18.2 Å². The Morgan fingerprint density at radius 3 is 2.90 bits per heavy atom. The lowest BCUT2D eigenvalue weighted by Crippen LogP contribution is -2.52. The average Bonchev–Trinajstić information content (AvgIpc) is 2.45. The van der Waals surface area contributed by atoms with E-state index in [1.165, 1.54) is 18.6 Å². The van der Waals surface area contributed by atoms with E-state index in [9.17, 15) is 4.39 Å². The van der Waals surface area contributed by atoms with Crippen molar-refractivity contribution < 1.29 is 9.13 Å². The van der Waals surface area contributed by atoms with Gasteiger partial charge in [-0.25, -0.2) is 4.39 Å². The van der Waals surface area contributed by atoms with E-state index in [0.717, 1.165) is 44.3 Å². The van der Waals surface area contributed by atoms with Gasteiger partial charge >= 0.3 is 0 Å². The first kappa shape index (κ1) is 15.2. The summed E-state index contributed by atoms with van der Waals surface area (Å²) in [6, 6.07) is 4.71. The van der Waals surface area contributed by atoms with Crippen molar-refractivity contribution in [2.24, 2.45) is 11.8 Å². The van der Waals surface area contributed by atoms with Gasteiger partial charge in [0.25, 0.3) is 0 Å². The van der Waals surface area contributed by atoms with Gasteiger partial charge in [0.05, 0.1) is 5.60 Å². The smallest absolute Gasteiger partial charge is 0.124 e. The number of ether oxygens (including phenoxy) is 1. The molecule has 1 saturated carbocycles. The average molecular weight is 313 g/mol. The summed E-state index contributed by atoms with van der Waals surface area (Å²) in [5, 5.41) is 0.473. The quantitative estimate of drug-likeness (QED) is 0.663. The van der Waals surface area contributed by atoms with Crippen molar-refractivity contribution in [1.29, 1.82) is 0 Å². The van der Waals surface area contributed by atoms with Crippen molar-refractivity contribution >= 4 is 11.6 Å². The van der Waals surface area contributed by atoms with Crippen LogP contribution in [0.4, 0.5) is 4.39 Å². The molecule has 3 nitrogen and oxygen atoms in total. The predicted molar refractivity (Wildman–Crippen MR) is 81.5 cm³/mol. The number of halogens is 2. The Hall–Kier alpha value is -0.680. The summed E-state index contributed by atoms with van der Waals surface area (Å²) in [5.74, 6) is 5.94. The fraction of sp³-hybridized carbons (Fsp3) is 0.625. The van der Waals surface area contributed by atoms with Crippen molar-refractivity contribution in [1.82, 2.24) is 5.43 Å². The second-order valence-corrected chi connectivity index (χ2v) is 6.76. The molecule has 0 amide bonds. The highest BCUT2D eigenvalue weighted by Gasteiger charge is 2.44. The van der Waals surface area contributed by atoms with Gasteiger partial charge in [-0.3, -0.25) is 11.3 Å². The molecule has 0 radical (unpaired) electrons. The molecule has 3 N–H and O–H groups in total. The predicted octanol–water partition coefficient (Wildman–Crippen LogP) is 3.20. The van der Waals surface area contributed by atoms with Gasteiger partial charge in [-0.05, 0) is 62.1 Å². The molecule has 2 aliphatic rings. The van der Waals surface area contributed by atoms with Gasteiger partial charge in [0.1, 0.15) is 5.82 Å². The van der Waals surface area contributed by atoms with E-state index in [1.54, 1.807) is 6.07 Å². The third-order valence-electron chi connectivity index (χ3n) is 5.03. The van der Waals surface area contributed by atoms with Gasteiger partial charge in [-0.1, -0.05) is 17.7 Å². The second kappa shape index (κ2) is 6.21. The molecule has 0 aromatic heterocycles. The van der Waals surface area contributed by atoms with Crippen molar-refractivity contribution in [3.63, 3.8) is 0 Å². The van der Waals surface area contributed by atoms with Gasteiger partial charge < -0.3 is 4.74 Å². The minimum Gasteiger partial charge on any atom is -0.375 e. The van der Waals surface area contributed by atoms with Gasteiger partial charge in [-0.15, -0.1) is 0 Å². The van der Waals surface area contributed by atoms with E-state index in [4.69, 9.17) is 22.2 Å². The Morgan fingerprint density at radius 1 is 1.48 bits per heavy atom. The van der Waals surface area contributed by atoms with Crippen LogP contribution in [0.5, 0.6) is 0 Å². The Kier molecular flexibility index (Phi) is 4.50. The van der Waals surface area contributed by atoms with E-state index < -0.39 is 0 Å². The summed E-state index contributed by atoms with van der Waals surface area (Å²) < 4.78 is 19.1. The van der Waals surface area contributed by atoms with Gasteiger partial charge in [0, 0.05) is 17.7 Å². The number of rotatable bonds is 4. The summed E-state index contributed by atoms with van der Waals surface area (Å²) in [6.07, 6.45) is 6.37. The molecule has 5 heteroatoms. The molecular formula is C16H22ClFN2O. The number of benzene rings is 1. The zero-order valence-electron chi connectivity index (χ0n) is 12.1. The summed E-state index contributed by atoms with van der Waals surface area (Å²) in [5.41, 5.74) is 3.98. The summed E-state index contributed by atoms with van der Waals surface area (Å²) in [6.45, 7) is 0.806. The normalized spacial score (nSPS) is 25.6. The van der Waals surface area contributed by atoms with Crippen LogP contribution in [0.3, 0.4) is 0 Å². The van der Waals surface area contributed by atoms with Crippen LogP contribution in [0.1, 0.15) is 37.7 Å². The number of nitrogens with two attached hydrogens (primary N) is 1. The zero-order chi connectivity index (χ0) is 14.9. The van der Waals surface area contributed by atoms with Crippen molar-refractivity contribution in [3.05, 3.63) is 34.6 Å². The number of hydrogen-bond donors (Lipinski definition) is 2. The van der Waals surface area contributed by atoms with Crippen LogP contribution in [0.2, 0.25) is 5.02 Å². The standard InChI is InChI=1S/C16H22ClFN2O/c17-14-9-13(18)3-2-11(14)8-15(20-19)12-4-7-21-16(10-12)5-1-6-16/h2-3,9,12,15,20H,1,4-8,10,19H2. The van der Waals surface area contributed by atoms with E-state index in [1.807, 2.05) is 0 Å². The third kappa shape index (κ3) is 3.24. The Morgan fingerprint density at radius 2 is 2.29 bits per heavy atom. The number of hydrogen-bond acceptors (Lipinski definition) is 3. The van der Waals surface area contributed by atoms with Crippen molar-refractivity contribution in [2.75, 3.05) is 6.61 Å². The van der Waals surface area contributed by atoms with Gasteiger partial charge in [0.2, 0.25) is 0 Å². The lowest BCUT2D eigenvalue weighted by molar-refractivity contribution is -0.147. The monoisotopic (exact) mass is 312 g/mol. The largest absolute Gasteiger partial charge is 0.375 e. The molecule has 1 saturated heterocycles. The Balaban J connectivity index is 1.69. The maximum atomic E-state index is 13.1. The van der Waals surface area contributed by atoms with Crippen LogP contribution in [0.25, 0.3) is 0 Å². The maximum Gasteiger partial charge on any atom is 0.124 e. The summed E-state index contributed by atoms with van der Waals surface area (Å²) >= 11 is 6.13. The fourth-order valence-corrected chi connectivity index (χ4v) is 3.86. The highest BCUT2D eigenvalue weighted by molar-refractivity contribution is 6.31. The number of nitrogens with one attached hydrogen (secondary N) is 1. The molecule has 1 aromatic carbocycles. The minimum atomic E-state index is -0.305. The van der Waals surface area contributed by atoms with Crippen molar-refractivity contribution in [2.45, 2.75) is 50.2 Å². The SMILES string of the molecule is NNC(Cc1ccc(F)cc1Cl)C1CCOC2(CCC2)C1. The van der Waals surface area contributed by atoms with E-state index in [2.05, 4.69) is 5.43 Å². The molecule has 0 bridgehead atoms. The molecule has 1 spiro atoms. The molecule has 1 aliphatic heterocycles. The molecule has 1 aliphatic carbocycles. The summed E-state index contributed by atoms with van der Waals surface area (Å²) in [4.78, 5) is 0. The van der Waals surface area contributed by atoms with Crippen LogP contribution >= 0.6 is 11.6 Å². The maximum absolute atomic E-state index is 13.1. The minimum absolute atomic E-state index is 0.102. The summed E-state index contributed by atoms with van der Waals surface area (Å²) in [7, 11) is 0. The Labute approximate surface area is 130 Å². The number of hydrazine groups is 1. The molecule has 1 aromatic rings. The van der Waals surface area contributed by atoms with Crippen LogP contribution < -0.4 is 11.3 Å². The molecule has 2 atom stereocenters. The Bertz CT molecular complexity index is 507. The van der Waals surface area contributed by atoms with Crippen LogP contribution in [-0.2, 0) is 11.2 Å². The lowest BCUT2D eigenvalue weighted by Gasteiger charge is -2.48. The highest BCUT2D eigenvalue weighted by Crippen LogP contribution is 2.45.